The molecule has 0 aromatic heterocycles. The van der Waals surface area contributed by atoms with Gasteiger partial charge in [0.05, 0.1) is 0 Å². The zero-order valence-electron chi connectivity index (χ0n) is 35.4. The summed E-state index contributed by atoms with van der Waals surface area (Å²) in [4.78, 5) is 47.2. The van der Waals surface area contributed by atoms with Crippen molar-refractivity contribution in [1.29, 1.82) is 0 Å². The average molecular weight is 873 g/mol. The van der Waals surface area contributed by atoms with Crippen molar-refractivity contribution in [3.8, 4) is 0 Å². The van der Waals surface area contributed by atoms with Crippen LogP contribution in [0, 0.1) is 0 Å². The van der Waals surface area contributed by atoms with Gasteiger partial charge in [-0.1, -0.05) is 0 Å². The summed E-state index contributed by atoms with van der Waals surface area (Å²) in [5, 5.41) is 0. The molecule has 0 heterocycles. The molecule has 0 fully saturated rings. The molecular formula is C56H59O3P3. The molecule has 8 aromatic carbocycles. The van der Waals surface area contributed by atoms with Gasteiger partial charge in [-0.3, -0.25) is 0 Å². The third-order valence-electron chi connectivity index (χ3n) is 13.5. The van der Waals surface area contributed by atoms with Crippen molar-refractivity contribution in [3.05, 3.63) is 287 Å². The van der Waals surface area contributed by atoms with Crippen molar-refractivity contribution in [3.63, 3.8) is 0 Å². The first-order valence-corrected chi connectivity index (χ1v) is 31.1. The molecule has 62 heavy (non-hydrogen) atoms. The minimum absolute atomic E-state index is 0.331. The van der Waals surface area contributed by atoms with E-state index in [0.717, 1.165) is 44.5 Å². The van der Waals surface area contributed by atoms with E-state index in [1.807, 2.05) is 48.5 Å². The van der Waals surface area contributed by atoms with E-state index in [4.69, 9.17) is 0 Å². The summed E-state index contributed by atoms with van der Waals surface area (Å²) in [6.07, 6.45) is -6.75. The standard InChI is InChI=1S/C56H59O3P3/c57-62(58,59,60(41-49-25-9-1-10-26-49,42-50-27-11-2-12-28-50,43-51-29-13-3-14-30-51)44-52-31-15-4-16-32-52)61(45-53-33-17-5-18-34-53,46-54-35-19-6-20-36-54,47-55-37-21-7-22-38-55)48-56-39-23-8-24-40-56/h1-40,57-59H,41-48H2. The quantitative estimate of drug-likeness (QED) is 0.0753. The Morgan fingerprint density at radius 3 is 0.419 bits per heavy atom. The van der Waals surface area contributed by atoms with E-state index in [1.165, 1.54) is 0 Å². The molecule has 0 spiro atoms. The predicted molar refractivity (Wildman–Crippen MR) is 269 cm³/mol. The molecule has 0 aliphatic carbocycles. The third kappa shape index (κ3) is 8.28. The molecule has 3 nitrogen and oxygen atoms in total. The van der Waals surface area contributed by atoms with Crippen LogP contribution < -0.4 is 0 Å². The van der Waals surface area contributed by atoms with Crippen LogP contribution >= 0.6 is 19.2 Å². The summed E-state index contributed by atoms with van der Waals surface area (Å²) in [6.45, 7) is -6.34. The van der Waals surface area contributed by atoms with Crippen LogP contribution in [0.2, 0.25) is 0 Å². The molecule has 3 N–H and O–H groups in total. The Labute approximate surface area is 368 Å². The van der Waals surface area contributed by atoms with E-state index in [9.17, 15) is 0 Å². The molecule has 0 aliphatic rings. The second kappa shape index (κ2) is 18.0. The fourth-order valence-electron chi connectivity index (χ4n) is 10.8. The summed E-state index contributed by atoms with van der Waals surface area (Å²) >= 11 is 0. The van der Waals surface area contributed by atoms with Gasteiger partial charge in [-0.05, 0) is 0 Å². The van der Waals surface area contributed by atoms with Gasteiger partial charge >= 0.3 is 370 Å². The first kappa shape index (κ1) is 43.6. The molecule has 8 aromatic rings. The van der Waals surface area contributed by atoms with Crippen LogP contribution in [0.4, 0.5) is 0 Å². The molecule has 0 aliphatic heterocycles. The van der Waals surface area contributed by atoms with E-state index in [2.05, 4.69) is 194 Å². The molecular weight excluding hydrogens is 814 g/mol. The van der Waals surface area contributed by atoms with E-state index < -0.39 is 19.2 Å². The maximum absolute atomic E-state index is 15.7. The molecule has 0 amide bonds. The van der Waals surface area contributed by atoms with E-state index in [-0.39, 0.29) is 0 Å². The van der Waals surface area contributed by atoms with Crippen LogP contribution in [0.3, 0.4) is 0 Å². The number of hydrogen-bond donors (Lipinski definition) is 3. The molecule has 0 atom stereocenters. The Morgan fingerprint density at radius 2 is 0.306 bits per heavy atom. The second-order valence-corrected chi connectivity index (χ2v) is 42.0. The van der Waals surface area contributed by atoms with Crippen molar-refractivity contribution in [1.82, 2.24) is 0 Å². The van der Waals surface area contributed by atoms with Crippen LogP contribution in [0.25, 0.3) is 0 Å². The zero-order valence-corrected chi connectivity index (χ0v) is 38.1. The molecule has 0 bridgehead atoms. The van der Waals surface area contributed by atoms with Crippen molar-refractivity contribution in [2.24, 2.45) is 0 Å². The molecule has 0 saturated heterocycles. The molecule has 316 valence electrons. The predicted octanol–water partition coefficient (Wildman–Crippen LogP) is 14.8. The van der Waals surface area contributed by atoms with E-state index in [0.29, 0.717) is 49.3 Å². The first-order chi connectivity index (χ1) is 30.1. The van der Waals surface area contributed by atoms with Gasteiger partial charge in [0.25, 0.3) is 0 Å². The van der Waals surface area contributed by atoms with E-state index >= 15 is 14.7 Å². The Bertz CT molecular complexity index is 2080. The Hall–Kier alpha value is -5.07. The van der Waals surface area contributed by atoms with Crippen molar-refractivity contribution < 1.29 is 14.7 Å². The van der Waals surface area contributed by atoms with Gasteiger partial charge in [0.2, 0.25) is 0 Å². The van der Waals surface area contributed by atoms with Crippen LogP contribution in [0.5, 0.6) is 0 Å². The molecule has 0 unspecified atom stereocenters. The third-order valence-corrected chi connectivity index (χ3v) is 51.6. The fraction of sp³-hybridized carbons (Fsp3) is 0.143. The Kier molecular flexibility index (Phi) is 12.6. The van der Waals surface area contributed by atoms with Gasteiger partial charge in [0.1, 0.15) is 0 Å². The van der Waals surface area contributed by atoms with Crippen molar-refractivity contribution in [2.75, 3.05) is 0 Å². The summed E-state index contributed by atoms with van der Waals surface area (Å²) < 4.78 is 0. The minimum atomic E-state index is -6.34. The molecule has 8 rings (SSSR count). The second-order valence-electron chi connectivity index (χ2n) is 17.9. The molecule has 6 heteroatoms. The van der Waals surface area contributed by atoms with Crippen LogP contribution in [0.1, 0.15) is 44.5 Å². The maximum atomic E-state index is 15.7. The average Bonchev–Trinajstić information content (AvgIpc) is 3.29. The number of benzene rings is 8. The molecule has 0 saturated carbocycles. The van der Waals surface area contributed by atoms with Gasteiger partial charge in [-0.2, -0.15) is 0 Å². The normalized spacial score (nSPS) is 14.0. The SMILES string of the molecule is OP(O)(O)(P(Cc1ccccc1)(Cc1ccccc1)(Cc1ccccc1)Cc1ccccc1)P(Cc1ccccc1)(Cc1ccccc1)(Cc1ccccc1)Cc1ccccc1. The van der Waals surface area contributed by atoms with Crippen LogP contribution in [0.15, 0.2) is 243 Å². The van der Waals surface area contributed by atoms with Gasteiger partial charge in [-0.15, -0.1) is 0 Å². The Balaban J connectivity index is 1.63. The summed E-state index contributed by atoms with van der Waals surface area (Å²) in [7, 11) is 0. The summed E-state index contributed by atoms with van der Waals surface area (Å²) in [5.74, 6) is 0. The van der Waals surface area contributed by atoms with Crippen LogP contribution in [-0.2, 0) is 49.3 Å². The van der Waals surface area contributed by atoms with Crippen molar-refractivity contribution >= 4 is 19.2 Å². The van der Waals surface area contributed by atoms with Gasteiger partial charge in [0.15, 0.2) is 0 Å². The Morgan fingerprint density at radius 1 is 0.194 bits per heavy atom. The fourth-order valence-corrected chi connectivity index (χ4v) is 56.5. The van der Waals surface area contributed by atoms with Crippen molar-refractivity contribution in [2.45, 2.75) is 49.3 Å². The number of hydrogen-bond acceptors (Lipinski definition) is 3. The van der Waals surface area contributed by atoms with Crippen LogP contribution in [-0.4, -0.2) is 14.7 Å². The first-order valence-electron chi connectivity index (χ1n) is 21.6. The van der Waals surface area contributed by atoms with E-state index in [1.54, 1.807) is 0 Å². The zero-order chi connectivity index (χ0) is 42.9. The topological polar surface area (TPSA) is 60.7 Å². The summed E-state index contributed by atoms with van der Waals surface area (Å²) in [6, 6.07) is 83.1. The molecule has 0 radical (unpaired) electrons. The van der Waals surface area contributed by atoms with Gasteiger partial charge in [-0.25, -0.2) is 0 Å². The van der Waals surface area contributed by atoms with Gasteiger partial charge in [0, 0.05) is 0 Å². The monoisotopic (exact) mass is 872 g/mol. The number of rotatable bonds is 18. The summed E-state index contributed by atoms with van der Waals surface area (Å²) in [5.41, 5.74) is 7.96. The van der Waals surface area contributed by atoms with Gasteiger partial charge < -0.3 is 0 Å².